The Morgan fingerprint density at radius 1 is 1.00 bits per heavy atom. The lowest BCUT2D eigenvalue weighted by molar-refractivity contribution is -0.312. The van der Waals surface area contributed by atoms with Crippen molar-refractivity contribution in [1.82, 2.24) is 0 Å². The fourth-order valence-corrected chi connectivity index (χ4v) is 3.26. The third kappa shape index (κ3) is 6.82. The molecule has 0 aliphatic carbocycles. The van der Waals surface area contributed by atoms with Crippen LogP contribution in [-0.2, 0) is 18.9 Å². The second kappa shape index (κ2) is 12.2. The Kier molecular flexibility index (Phi) is 10.4. The van der Waals surface area contributed by atoms with Crippen LogP contribution in [0.2, 0.25) is 0 Å². The zero-order valence-corrected chi connectivity index (χ0v) is 16.9. The first-order valence-electron chi connectivity index (χ1n) is 10.2. The molecule has 0 spiro atoms. The summed E-state index contributed by atoms with van der Waals surface area (Å²) in [6, 6.07) is 0. The molecular weight excluding hydrogens is 404 g/mol. The summed E-state index contributed by atoms with van der Waals surface area (Å²) in [6.45, 7) is 1.44. The van der Waals surface area contributed by atoms with Gasteiger partial charge in [0, 0.05) is 0 Å². The summed E-state index contributed by atoms with van der Waals surface area (Å²) >= 11 is 0. The lowest BCUT2D eigenvalue weighted by Crippen LogP contribution is -2.60. The van der Waals surface area contributed by atoms with E-state index in [4.69, 9.17) is 18.9 Å². The van der Waals surface area contributed by atoms with Crippen molar-refractivity contribution in [1.29, 1.82) is 0 Å². The molecule has 10 unspecified atom stereocenters. The van der Waals surface area contributed by atoms with E-state index >= 15 is 0 Å². The third-order valence-electron chi connectivity index (χ3n) is 5.18. The summed E-state index contributed by atoms with van der Waals surface area (Å²) < 4.78 is 20.9. The molecule has 2 rings (SSSR count). The van der Waals surface area contributed by atoms with Gasteiger partial charge in [0.25, 0.3) is 0 Å². The van der Waals surface area contributed by atoms with Crippen LogP contribution in [0.3, 0.4) is 0 Å². The van der Waals surface area contributed by atoms with Gasteiger partial charge in [-0.05, 0) is 12.5 Å². The van der Waals surface area contributed by atoms with E-state index in [-0.39, 0.29) is 13.2 Å². The normalized spacial score (nSPS) is 41.1. The highest BCUT2D eigenvalue weighted by atomic mass is 16.7. The molecule has 0 amide bonds. The molecule has 2 heterocycles. The molecule has 0 bridgehead atoms. The van der Waals surface area contributed by atoms with E-state index < -0.39 is 61.4 Å². The van der Waals surface area contributed by atoms with Gasteiger partial charge in [-0.1, -0.05) is 26.2 Å². The second-order valence-electron chi connectivity index (χ2n) is 7.62. The largest absolute Gasteiger partial charge is 0.493 e. The van der Waals surface area contributed by atoms with Gasteiger partial charge in [0.05, 0.1) is 25.6 Å². The molecule has 0 radical (unpaired) electrons. The molecule has 0 aromatic heterocycles. The third-order valence-corrected chi connectivity index (χ3v) is 5.18. The quantitative estimate of drug-likeness (QED) is 0.144. The van der Waals surface area contributed by atoms with Crippen LogP contribution in [0.1, 0.15) is 32.6 Å². The van der Waals surface area contributed by atoms with Crippen molar-refractivity contribution in [3.8, 4) is 0 Å². The molecular formula is C19H34O11. The summed E-state index contributed by atoms with van der Waals surface area (Å²) in [4.78, 5) is 0. The first kappa shape index (κ1) is 25.4. The van der Waals surface area contributed by atoms with Crippen LogP contribution >= 0.6 is 0 Å². The van der Waals surface area contributed by atoms with Crippen LogP contribution in [0.15, 0.2) is 12.3 Å². The van der Waals surface area contributed by atoms with Crippen molar-refractivity contribution in [3.63, 3.8) is 0 Å². The number of hydrogen-bond acceptors (Lipinski definition) is 11. The summed E-state index contributed by atoms with van der Waals surface area (Å²) in [5.41, 5.74) is 0. The molecule has 176 valence electrons. The molecule has 0 aromatic carbocycles. The van der Waals surface area contributed by atoms with E-state index in [2.05, 4.69) is 6.92 Å². The zero-order chi connectivity index (χ0) is 22.3. The Bertz CT molecular complexity index is 519. The fraction of sp³-hybridized carbons (Fsp3) is 0.895. The molecule has 11 heteroatoms. The van der Waals surface area contributed by atoms with Crippen molar-refractivity contribution in [2.45, 2.75) is 94.0 Å². The number of hydrogen-bond donors (Lipinski definition) is 7. The highest BCUT2D eigenvalue weighted by Crippen LogP contribution is 2.25. The van der Waals surface area contributed by atoms with Gasteiger partial charge in [-0.2, -0.15) is 0 Å². The van der Waals surface area contributed by atoms with Crippen LogP contribution in [0, 0.1) is 0 Å². The van der Waals surface area contributed by atoms with Crippen LogP contribution in [0.4, 0.5) is 0 Å². The highest BCUT2D eigenvalue weighted by Gasteiger charge is 2.46. The molecule has 11 nitrogen and oxygen atoms in total. The topological polar surface area (TPSA) is 179 Å². The highest BCUT2D eigenvalue weighted by molar-refractivity contribution is 4.93. The van der Waals surface area contributed by atoms with Crippen LogP contribution in [0.5, 0.6) is 0 Å². The Hall–Kier alpha value is -0.860. The van der Waals surface area contributed by atoms with Gasteiger partial charge in [0.2, 0.25) is 0 Å². The predicted octanol–water partition coefficient (Wildman–Crippen LogP) is -2.28. The van der Waals surface area contributed by atoms with E-state index in [1.54, 1.807) is 0 Å². The molecule has 0 aromatic rings. The summed E-state index contributed by atoms with van der Waals surface area (Å²) in [7, 11) is 0. The van der Waals surface area contributed by atoms with E-state index in [1.165, 1.54) is 6.08 Å². The van der Waals surface area contributed by atoms with Gasteiger partial charge in [0.15, 0.2) is 18.7 Å². The van der Waals surface area contributed by atoms with Gasteiger partial charge < -0.3 is 54.7 Å². The standard InChI is InChI=1S/C19H34O11/c1-2-3-4-5-10(20)6-7-27-17-14(23)12(30-18(26)16(17)25)9-29-19-15(24)13(22)11(21)8-28-19/h6-7,10-26H,2-5,8-9H2,1H3. The maximum absolute atomic E-state index is 10.5. The minimum absolute atomic E-state index is 0.255. The summed E-state index contributed by atoms with van der Waals surface area (Å²) in [5, 5.41) is 69.3. The number of unbranched alkanes of at least 4 members (excludes halogenated alkanes) is 2. The van der Waals surface area contributed by atoms with Crippen LogP contribution in [0.25, 0.3) is 0 Å². The minimum Gasteiger partial charge on any atom is -0.493 e. The smallest absolute Gasteiger partial charge is 0.186 e. The van der Waals surface area contributed by atoms with Crippen molar-refractivity contribution in [2.24, 2.45) is 0 Å². The molecule has 7 N–H and O–H groups in total. The molecule has 2 aliphatic heterocycles. The SMILES string of the molecule is CCCCCC(O)C=COC1C(O)C(O)OC(COC2OCC(O)C(O)C2O)C1O. The maximum atomic E-state index is 10.5. The van der Waals surface area contributed by atoms with Crippen molar-refractivity contribution < 1.29 is 54.7 Å². The van der Waals surface area contributed by atoms with Gasteiger partial charge >= 0.3 is 0 Å². The van der Waals surface area contributed by atoms with Crippen molar-refractivity contribution >= 4 is 0 Å². The van der Waals surface area contributed by atoms with Crippen LogP contribution < -0.4 is 0 Å². The van der Waals surface area contributed by atoms with Gasteiger partial charge in [-0.15, -0.1) is 0 Å². The van der Waals surface area contributed by atoms with E-state index in [0.717, 1.165) is 25.5 Å². The second-order valence-corrected chi connectivity index (χ2v) is 7.62. The van der Waals surface area contributed by atoms with E-state index in [0.29, 0.717) is 6.42 Å². The van der Waals surface area contributed by atoms with E-state index in [9.17, 15) is 35.7 Å². The fourth-order valence-electron chi connectivity index (χ4n) is 3.26. The van der Waals surface area contributed by atoms with Crippen molar-refractivity contribution in [2.75, 3.05) is 13.2 Å². The summed E-state index contributed by atoms with van der Waals surface area (Å²) in [6.07, 6.45) is -7.31. The van der Waals surface area contributed by atoms with E-state index in [1.807, 2.05) is 0 Å². The first-order valence-corrected chi connectivity index (χ1v) is 10.2. The monoisotopic (exact) mass is 438 g/mol. The molecule has 10 atom stereocenters. The van der Waals surface area contributed by atoms with Crippen LogP contribution in [-0.4, -0.2) is 110 Å². The number of rotatable bonds is 10. The average Bonchev–Trinajstić information content (AvgIpc) is 2.72. The predicted molar refractivity (Wildman–Crippen MR) is 101 cm³/mol. The average molecular weight is 438 g/mol. The minimum atomic E-state index is -1.67. The Morgan fingerprint density at radius 3 is 2.43 bits per heavy atom. The Labute approximate surface area is 175 Å². The number of ether oxygens (including phenoxy) is 4. The first-order chi connectivity index (χ1) is 14.3. The molecule has 2 aliphatic rings. The Morgan fingerprint density at radius 2 is 1.73 bits per heavy atom. The molecule has 0 saturated carbocycles. The number of aliphatic hydroxyl groups excluding tert-OH is 7. The maximum Gasteiger partial charge on any atom is 0.186 e. The molecule has 2 saturated heterocycles. The van der Waals surface area contributed by atoms with Gasteiger partial charge in [-0.3, -0.25) is 0 Å². The molecule has 2 fully saturated rings. The van der Waals surface area contributed by atoms with Gasteiger partial charge in [-0.25, -0.2) is 0 Å². The zero-order valence-electron chi connectivity index (χ0n) is 16.9. The number of aliphatic hydroxyl groups is 7. The lowest BCUT2D eigenvalue weighted by Gasteiger charge is -2.41. The van der Waals surface area contributed by atoms with Gasteiger partial charge in [0.1, 0.15) is 36.6 Å². The molecule has 30 heavy (non-hydrogen) atoms. The van der Waals surface area contributed by atoms with Crippen molar-refractivity contribution in [3.05, 3.63) is 12.3 Å². The Balaban J connectivity index is 1.87. The summed E-state index contributed by atoms with van der Waals surface area (Å²) in [5.74, 6) is 0. The lowest BCUT2D eigenvalue weighted by atomic mass is 9.99.